The van der Waals surface area contributed by atoms with Crippen LogP contribution >= 0.6 is 0 Å². The standard InChI is InChI=1S/C21H25NO3/c1-4-24-19-11-10-18(12-15(19)2)21(23)22-13-16(3)25-20(14-22)17-8-6-5-7-9-17/h5-12,16,20H,4,13-14H2,1-3H3. The third-order valence-electron chi connectivity index (χ3n) is 4.44. The highest BCUT2D eigenvalue weighted by Crippen LogP contribution is 2.27. The van der Waals surface area contributed by atoms with Crippen molar-refractivity contribution in [3.05, 3.63) is 65.2 Å². The third-order valence-corrected chi connectivity index (χ3v) is 4.44. The van der Waals surface area contributed by atoms with Gasteiger partial charge in [0.05, 0.1) is 19.3 Å². The second-order valence-electron chi connectivity index (χ2n) is 6.47. The van der Waals surface area contributed by atoms with Crippen molar-refractivity contribution in [2.75, 3.05) is 19.7 Å². The Morgan fingerprint density at radius 1 is 1.20 bits per heavy atom. The van der Waals surface area contributed by atoms with Gasteiger partial charge < -0.3 is 14.4 Å². The molecule has 1 saturated heterocycles. The van der Waals surface area contributed by atoms with Crippen molar-refractivity contribution >= 4 is 5.91 Å². The molecule has 25 heavy (non-hydrogen) atoms. The van der Waals surface area contributed by atoms with E-state index in [9.17, 15) is 4.79 Å². The van der Waals surface area contributed by atoms with E-state index in [0.717, 1.165) is 16.9 Å². The van der Waals surface area contributed by atoms with Gasteiger partial charge in [-0.15, -0.1) is 0 Å². The molecule has 1 aliphatic heterocycles. The van der Waals surface area contributed by atoms with Crippen LogP contribution in [-0.2, 0) is 4.74 Å². The van der Waals surface area contributed by atoms with Crippen molar-refractivity contribution < 1.29 is 14.3 Å². The highest BCUT2D eigenvalue weighted by atomic mass is 16.5. The van der Waals surface area contributed by atoms with Gasteiger partial charge in [-0.1, -0.05) is 30.3 Å². The number of carbonyl (C=O) groups is 1. The first-order valence-corrected chi connectivity index (χ1v) is 8.81. The van der Waals surface area contributed by atoms with Crippen LogP contribution in [0.4, 0.5) is 0 Å². The minimum Gasteiger partial charge on any atom is -0.494 e. The monoisotopic (exact) mass is 339 g/mol. The Morgan fingerprint density at radius 2 is 1.96 bits per heavy atom. The lowest BCUT2D eigenvalue weighted by Crippen LogP contribution is -2.46. The molecule has 4 heteroatoms. The van der Waals surface area contributed by atoms with E-state index in [-0.39, 0.29) is 18.1 Å². The first kappa shape index (κ1) is 17.5. The predicted octanol–water partition coefficient (Wildman–Crippen LogP) is 4.00. The van der Waals surface area contributed by atoms with Crippen molar-refractivity contribution in [3.8, 4) is 5.75 Å². The lowest BCUT2D eigenvalue weighted by Gasteiger charge is -2.37. The Balaban J connectivity index is 1.78. The summed E-state index contributed by atoms with van der Waals surface area (Å²) in [7, 11) is 0. The van der Waals surface area contributed by atoms with Crippen LogP contribution in [0.3, 0.4) is 0 Å². The summed E-state index contributed by atoms with van der Waals surface area (Å²) in [6.45, 7) is 7.73. The molecule has 0 radical (unpaired) electrons. The Morgan fingerprint density at radius 3 is 2.64 bits per heavy atom. The number of carbonyl (C=O) groups excluding carboxylic acids is 1. The minimum absolute atomic E-state index is 0.00620. The molecule has 3 rings (SSSR count). The van der Waals surface area contributed by atoms with Gasteiger partial charge in [-0.2, -0.15) is 0 Å². The van der Waals surface area contributed by atoms with Crippen LogP contribution in [-0.4, -0.2) is 36.6 Å². The summed E-state index contributed by atoms with van der Waals surface area (Å²) >= 11 is 0. The summed E-state index contributed by atoms with van der Waals surface area (Å²) in [6.07, 6.45) is -0.0793. The van der Waals surface area contributed by atoms with E-state index in [1.165, 1.54) is 0 Å². The van der Waals surface area contributed by atoms with Crippen LogP contribution in [0.25, 0.3) is 0 Å². The van der Waals surface area contributed by atoms with Crippen LogP contribution in [0.1, 0.15) is 41.4 Å². The van der Waals surface area contributed by atoms with Gasteiger partial charge >= 0.3 is 0 Å². The van der Waals surface area contributed by atoms with Crippen molar-refractivity contribution in [1.82, 2.24) is 4.90 Å². The Labute approximate surface area is 149 Å². The topological polar surface area (TPSA) is 38.8 Å². The molecule has 2 atom stereocenters. The number of hydrogen-bond donors (Lipinski definition) is 0. The van der Waals surface area contributed by atoms with Crippen molar-refractivity contribution in [3.63, 3.8) is 0 Å². The Hall–Kier alpha value is -2.33. The molecule has 0 bridgehead atoms. The summed E-state index contributed by atoms with van der Waals surface area (Å²) in [5.41, 5.74) is 2.78. The lowest BCUT2D eigenvalue weighted by molar-refractivity contribution is -0.0691. The number of hydrogen-bond acceptors (Lipinski definition) is 3. The summed E-state index contributed by atoms with van der Waals surface area (Å²) in [5, 5.41) is 0. The molecule has 1 amide bonds. The largest absolute Gasteiger partial charge is 0.494 e. The fraction of sp³-hybridized carbons (Fsp3) is 0.381. The molecule has 1 aliphatic rings. The van der Waals surface area contributed by atoms with Gasteiger partial charge in [-0.3, -0.25) is 4.79 Å². The zero-order valence-electron chi connectivity index (χ0n) is 15.1. The van der Waals surface area contributed by atoms with Crippen LogP contribution in [0.15, 0.2) is 48.5 Å². The van der Waals surface area contributed by atoms with E-state index in [4.69, 9.17) is 9.47 Å². The molecular weight excluding hydrogens is 314 g/mol. The second kappa shape index (κ2) is 7.70. The number of amides is 1. The highest BCUT2D eigenvalue weighted by Gasteiger charge is 2.30. The van der Waals surface area contributed by atoms with Crippen molar-refractivity contribution in [2.45, 2.75) is 33.0 Å². The lowest BCUT2D eigenvalue weighted by atomic mass is 10.0. The second-order valence-corrected chi connectivity index (χ2v) is 6.47. The van der Waals surface area contributed by atoms with E-state index < -0.39 is 0 Å². The molecule has 2 unspecified atom stereocenters. The molecule has 2 aromatic carbocycles. The molecule has 0 aliphatic carbocycles. The minimum atomic E-state index is -0.0855. The molecule has 0 spiro atoms. The van der Waals surface area contributed by atoms with Gasteiger partial charge in [0.2, 0.25) is 0 Å². The quantitative estimate of drug-likeness (QED) is 0.845. The zero-order chi connectivity index (χ0) is 17.8. The highest BCUT2D eigenvalue weighted by molar-refractivity contribution is 5.94. The number of ether oxygens (including phenoxy) is 2. The predicted molar refractivity (Wildman–Crippen MR) is 98.0 cm³/mol. The molecule has 132 valence electrons. The summed E-state index contributed by atoms with van der Waals surface area (Å²) in [6, 6.07) is 15.7. The van der Waals surface area contributed by atoms with E-state index >= 15 is 0 Å². The van der Waals surface area contributed by atoms with Crippen molar-refractivity contribution in [1.29, 1.82) is 0 Å². The number of aryl methyl sites for hydroxylation is 1. The van der Waals surface area contributed by atoms with E-state index in [1.54, 1.807) is 0 Å². The van der Waals surface area contributed by atoms with Crippen LogP contribution in [0.2, 0.25) is 0 Å². The van der Waals surface area contributed by atoms with Gasteiger partial charge in [-0.05, 0) is 50.1 Å². The molecular formula is C21H25NO3. The maximum atomic E-state index is 13.0. The number of morpholine rings is 1. The van der Waals surface area contributed by atoms with Crippen LogP contribution < -0.4 is 4.74 Å². The maximum absolute atomic E-state index is 13.0. The van der Waals surface area contributed by atoms with E-state index in [2.05, 4.69) is 0 Å². The zero-order valence-corrected chi connectivity index (χ0v) is 15.1. The van der Waals surface area contributed by atoms with E-state index in [0.29, 0.717) is 25.3 Å². The average Bonchev–Trinajstić information content (AvgIpc) is 2.63. The van der Waals surface area contributed by atoms with Crippen LogP contribution in [0, 0.1) is 6.92 Å². The Kier molecular flexibility index (Phi) is 5.39. The van der Waals surface area contributed by atoms with E-state index in [1.807, 2.05) is 74.2 Å². The fourth-order valence-corrected chi connectivity index (χ4v) is 3.25. The fourth-order valence-electron chi connectivity index (χ4n) is 3.25. The molecule has 0 aromatic heterocycles. The summed E-state index contributed by atoms with van der Waals surface area (Å²) < 4.78 is 11.6. The number of benzene rings is 2. The smallest absolute Gasteiger partial charge is 0.254 e. The summed E-state index contributed by atoms with van der Waals surface area (Å²) in [4.78, 5) is 14.9. The van der Waals surface area contributed by atoms with Crippen LogP contribution in [0.5, 0.6) is 5.75 Å². The normalized spacial score (nSPS) is 20.4. The SMILES string of the molecule is CCOc1ccc(C(=O)N2CC(C)OC(c3ccccc3)C2)cc1C. The molecule has 1 fully saturated rings. The number of nitrogens with zero attached hydrogens (tertiary/aromatic N) is 1. The molecule has 4 nitrogen and oxygen atoms in total. The maximum Gasteiger partial charge on any atom is 0.254 e. The van der Waals surface area contributed by atoms with Gasteiger partial charge in [0.1, 0.15) is 11.9 Å². The molecule has 0 N–H and O–H groups in total. The molecule has 0 saturated carbocycles. The van der Waals surface area contributed by atoms with Gasteiger partial charge in [0.25, 0.3) is 5.91 Å². The third kappa shape index (κ3) is 4.02. The first-order valence-electron chi connectivity index (χ1n) is 8.81. The van der Waals surface area contributed by atoms with Gasteiger partial charge in [0, 0.05) is 12.1 Å². The Bertz CT molecular complexity index is 729. The first-order chi connectivity index (χ1) is 12.1. The van der Waals surface area contributed by atoms with Gasteiger partial charge in [-0.25, -0.2) is 0 Å². The van der Waals surface area contributed by atoms with Gasteiger partial charge in [0.15, 0.2) is 0 Å². The van der Waals surface area contributed by atoms with Crippen molar-refractivity contribution in [2.24, 2.45) is 0 Å². The summed E-state index contributed by atoms with van der Waals surface area (Å²) in [5.74, 6) is 0.874. The number of rotatable bonds is 4. The molecule has 1 heterocycles. The molecule has 2 aromatic rings. The average molecular weight is 339 g/mol.